The molecular formula is C20H32N2O3. The van der Waals surface area contributed by atoms with E-state index < -0.39 is 0 Å². The normalized spacial score (nSPS) is 14.6. The molecule has 1 aliphatic heterocycles. The van der Waals surface area contributed by atoms with Crippen LogP contribution in [0.5, 0.6) is 5.75 Å². The van der Waals surface area contributed by atoms with Gasteiger partial charge in [0.1, 0.15) is 5.75 Å². The lowest BCUT2D eigenvalue weighted by molar-refractivity contribution is -0.120. The monoisotopic (exact) mass is 348 g/mol. The van der Waals surface area contributed by atoms with Gasteiger partial charge in [0.05, 0.1) is 13.7 Å². The molecule has 0 spiro atoms. The van der Waals surface area contributed by atoms with Gasteiger partial charge >= 0.3 is 0 Å². The van der Waals surface area contributed by atoms with E-state index in [4.69, 9.17) is 9.84 Å². The van der Waals surface area contributed by atoms with Crippen molar-refractivity contribution in [3.05, 3.63) is 23.8 Å². The number of aliphatic hydroxyl groups is 1. The predicted octanol–water partition coefficient (Wildman–Crippen LogP) is 2.70. The zero-order valence-corrected chi connectivity index (χ0v) is 16.0. The summed E-state index contributed by atoms with van der Waals surface area (Å²) in [4.78, 5) is 17.0. The van der Waals surface area contributed by atoms with Crippen LogP contribution in [0.2, 0.25) is 0 Å². The van der Waals surface area contributed by atoms with Crippen molar-refractivity contribution in [2.75, 3.05) is 44.8 Å². The first-order valence-corrected chi connectivity index (χ1v) is 9.14. The van der Waals surface area contributed by atoms with Crippen molar-refractivity contribution in [1.29, 1.82) is 0 Å². The molecule has 5 heteroatoms. The van der Waals surface area contributed by atoms with Crippen LogP contribution in [0, 0.1) is 5.41 Å². The number of ether oxygens (including phenoxy) is 1. The van der Waals surface area contributed by atoms with Crippen LogP contribution in [0.1, 0.15) is 39.2 Å². The number of hydrogen-bond donors (Lipinski definition) is 1. The number of amides is 1. The molecule has 0 radical (unpaired) electrons. The first-order chi connectivity index (χ1) is 11.8. The maximum Gasteiger partial charge on any atom is 0.241 e. The Morgan fingerprint density at radius 1 is 1.36 bits per heavy atom. The number of methoxy groups -OCH3 is 1. The number of carbonyl (C=O) groups is 1. The van der Waals surface area contributed by atoms with E-state index in [2.05, 4.69) is 25.7 Å². The second-order valence-corrected chi connectivity index (χ2v) is 7.99. The molecule has 1 N–H and O–H groups in total. The van der Waals surface area contributed by atoms with Gasteiger partial charge in [-0.2, -0.15) is 0 Å². The fraction of sp³-hybridized carbons (Fsp3) is 0.650. The molecule has 0 atom stereocenters. The van der Waals surface area contributed by atoms with Crippen LogP contribution in [0.25, 0.3) is 0 Å². The Hall–Kier alpha value is -1.59. The van der Waals surface area contributed by atoms with Gasteiger partial charge in [-0.05, 0) is 48.4 Å². The van der Waals surface area contributed by atoms with Crippen LogP contribution in [0.3, 0.4) is 0 Å². The van der Waals surface area contributed by atoms with E-state index in [9.17, 15) is 4.79 Å². The van der Waals surface area contributed by atoms with Crippen molar-refractivity contribution in [3.8, 4) is 5.75 Å². The molecule has 1 aromatic rings. The molecule has 0 aliphatic carbocycles. The van der Waals surface area contributed by atoms with E-state index in [0.29, 0.717) is 13.0 Å². The molecule has 2 rings (SSSR count). The third-order valence-electron chi connectivity index (χ3n) is 4.40. The topological polar surface area (TPSA) is 53.0 Å². The first kappa shape index (κ1) is 19.7. The molecule has 0 fully saturated rings. The lowest BCUT2D eigenvalue weighted by Crippen LogP contribution is -2.45. The quantitative estimate of drug-likeness (QED) is 0.823. The highest BCUT2D eigenvalue weighted by Crippen LogP contribution is 2.30. The van der Waals surface area contributed by atoms with Crippen molar-refractivity contribution >= 4 is 11.6 Å². The van der Waals surface area contributed by atoms with Crippen LogP contribution in [0.15, 0.2) is 18.2 Å². The van der Waals surface area contributed by atoms with Gasteiger partial charge in [0.2, 0.25) is 5.91 Å². The Bertz CT molecular complexity index is 581. The summed E-state index contributed by atoms with van der Waals surface area (Å²) in [6.07, 6.45) is 2.64. The largest absolute Gasteiger partial charge is 0.497 e. The van der Waals surface area contributed by atoms with Gasteiger partial charge in [-0.3, -0.25) is 9.69 Å². The zero-order valence-electron chi connectivity index (χ0n) is 16.0. The second kappa shape index (κ2) is 8.68. The number of hydrogen-bond acceptors (Lipinski definition) is 4. The van der Waals surface area contributed by atoms with E-state index in [1.807, 2.05) is 23.1 Å². The zero-order chi connectivity index (χ0) is 18.4. The van der Waals surface area contributed by atoms with Crippen molar-refractivity contribution < 1.29 is 14.6 Å². The van der Waals surface area contributed by atoms with Gasteiger partial charge < -0.3 is 14.7 Å². The molecule has 0 aromatic heterocycles. The predicted molar refractivity (Wildman–Crippen MR) is 101 cm³/mol. The fourth-order valence-electron chi connectivity index (χ4n) is 3.42. The molecule has 0 saturated heterocycles. The highest BCUT2D eigenvalue weighted by molar-refractivity contribution is 5.96. The van der Waals surface area contributed by atoms with Gasteiger partial charge in [-0.15, -0.1) is 0 Å². The van der Waals surface area contributed by atoms with Crippen LogP contribution in [-0.4, -0.2) is 55.8 Å². The van der Waals surface area contributed by atoms with Crippen LogP contribution < -0.4 is 9.64 Å². The minimum atomic E-state index is 0.114. The van der Waals surface area contributed by atoms with Gasteiger partial charge in [0.15, 0.2) is 0 Å². The number of anilines is 1. The summed E-state index contributed by atoms with van der Waals surface area (Å²) in [6.45, 7) is 9.40. The van der Waals surface area contributed by atoms with Gasteiger partial charge in [0.25, 0.3) is 0 Å². The molecule has 5 nitrogen and oxygen atoms in total. The number of aliphatic hydroxyl groups excluding tert-OH is 1. The Morgan fingerprint density at radius 2 is 2.12 bits per heavy atom. The Morgan fingerprint density at radius 3 is 2.76 bits per heavy atom. The van der Waals surface area contributed by atoms with Crippen molar-refractivity contribution in [1.82, 2.24) is 4.90 Å². The third-order valence-corrected chi connectivity index (χ3v) is 4.40. The highest BCUT2D eigenvalue weighted by atomic mass is 16.5. The van der Waals surface area contributed by atoms with E-state index >= 15 is 0 Å². The molecule has 25 heavy (non-hydrogen) atoms. The maximum absolute atomic E-state index is 13.0. The smallest absolute Gasteiger partial charge is 0.241 e. The summed E-state index contributed by atoms with van der Waals surface area (Å²) in [6, 6.07) is 5.95. The van der Waals surface area contributed by atoms with Gasteiger partial charge in [-0.25, -0.2) is 0 Å². The van der Waals surface area contributed by atoms with Crippen LogP contribution in [0.4, 0.5) is 5.69 Å². The molecule has 1 aromatic carbocycles. The summed E-state index contributed by atoms with van der Waals surface area (Å²) < 4.78 is 5.30. The number of nitrogens with zero attached hydrogens (tertiary/aromatic N) is 2. The molecule has 1 amide bonds. The summed E-state index contributed by atoms with van der Waals surface area (Å²) in [5, 5.41) is 9.14. The molecule has 1 aliphatic rings. The van der Waals surface area contributed by atoms with E-state index in [0.717, 1.165) is 43.9 Å². The number of rotatable bonds is 7. The SMILES string of the molecule is COc1ccc2c(c1)CCCN2C(=O)CN(CCCO)CC(C)(C)C. The average Bonchev–Trinajstić information content (AvgIpc) is 2.57. The van der Waals surface area contributed by atoms with Crippen molar-refractivity contribution in [2.45, 2.75) is 40.0 Å². The molecule has 0 bridgehead atoms. The highest BCUT2D eigenvalue weighted by Gasteiger charge is 2.26. The second-order valence-electron chi connectivity index (χ2n) is 7.99. The lowest BCUT2D eigenvalue weighted by Gasteiger charge is -2.34. The molecule has 0 saturated carbocycles. The molecule has 1 heterocycles. The minimum absolute atomic E-state index is 0.114. The lowest BCUT2D eigenvalue weighted by atomic mass is 9.96. The summed E-state index contributed by atoms with van der Waals surface area (Å²) in [5.41, 5.74) is 2.30. The van der Waals surface area contributed by atoms with E-state index in [1.54, 1.807) is 7.11 Å². The molecule has 0 unspecified atom stereocenters. The Labute approximate surface area is 151 Å². The summed E-state index contributed by atoms with van der Waals surface area (Å²) in [5.74, 6) is 0.971. The van der Waals surface area contributed by atoms with Crippen LogP contribution >= 0.6 is 0 Å². The summed E-state index contributed by atoms with van der Waals surface area (Å²) in [7, 11) is 1.67. The standard InChI is InChI=1S/C20H32N2O3/c1-20(2,3)15-21(10-6-12-23)14-19(24)22-11-5-7-16-13-17(25-4)8-9-18(16)22/h8-9,13,23H,5-7,10-12,14-15H2,1-4H3. The van der Waals surface area contributed by atoms with E-state index in [1.165, 1.54) is 5.56 Å². The summed E-state index contributed by atoms with van der Waals surface area (Å²) >= 11 is 0. The fourth-order valence-corrected chi connectivity index (χ4v) is 3.42. The van der Waals surface area contributed by atoms with Crippen molar-refractivity contribution in [3.63, 3.8) is 0 Å². The average molecular weight is 348 g/mol. The van der Waals surface area contributed by atoms with Crippen molar-refractivity contribution in [2.24, 2.45) is 5.41 Å². The first-order valence-electron chi connectivity index (χ1n) is 9.14. The van der Waals surface area contributed by atoms with Gasteiger partial charge in [0, 0.05) is 31.9 Å². The number of aryl methyl sites for hydroxylation is 1. The van der Waals surface area contributed by atoms with E-state index in [-0.39, 0.29) is 17.9 Å². The van der Waals surface area contributed by atoms with Crippen LogP contribution in [-0.2, 0) is 11.2 Å². The Kier molecular flexibility index (Phi) is 6.85. The van der Waals surface area contributed by atoms with Gasteiger partial charge in [-0.1, -0.05) is 20.8 Å². The number of carbonyl (C=O) groups excluding carboxylic acids is 1. The number of benzene rings is 1. The minimum Gasteiger partial charge on any atom is -0.497 e. The number of fused-ring (bicyclic) bond motifs is 1. The maximum atomic E-state index is 13.0. The molecular weight excluding hydrogens is 316 g/mol. The molecule has 140 valence electrons. The third kappa shape index (κ3) is 5.72. The Balaban J connectivity index is 2.11.